The highest BCUT2D eigenvalue weighted by molar-refractivity contribution is 6.04. The molecule has 1 aromatic carbocycles. The zero-order chi connectivity index (χ0) is 19.6. The second kappa shape index (κ2) is 9.69. The SMILES string of the molecule is N#CCCCOc1cccnc1NC(=O)c1ccc(Oc2cccnc2)cc1. The Balaban J connectivity index is 1.62. The van der Waals surface area contributed by atoms with Gasteiger partial charge in [-0.05, 0) is 55.0 Å². The number of pyridine rings is 2. The smallest absolute Gasteiger partial charge is 0.256 e. The number of aromatic nitrogens is 2. The van der Waals surface area contributed by atoms with E-state index in [1.807, 2.05) is 0 Å². The number of nitrogens with one attached hydrogen (secondary N) is 1. The molecule has 7 nitrogen and oxygen atoms in total. The van der Waals surface area contributed by atoms with Crippen LogP contribution in [0.15, 0.2) is 67.1 Å². The summed E-state index contributed by atoms with van der Waals surface area (Å²) in [4.78, 5) is 20.7. The van der Waals surface area contributed by atoms with E-state index in [4.69, 9.17) is 14.7 Å². The summed E-state index contributed by atoms with van der Waals surface area (Å²) in [6.45, 7) is 0.377. The summed E-state index contributed by atoms with van der Waals surface area (Å²) in [5.41, 5.74) is 0.458. The molecule has 1 N–H and O–H groups in total. The molecular weight excluding hydrogens is 356 g/mol. The molecule has 0 atom stereocenters. The molecule has 0 aliphatic heterocycles. The third-order valence-electron chi connectivity index (χ3n) is 3.68. The number of nitrogens with zero attached hydrogens (tertiary/aromatic N) is 3. The Kier molecular flexibility index (Phi) is 6.53. The van der Waals surface area contributed by atoms with Gasteiger partial charge in [-0.2, -0.15) is 5.26 Å². The number of nitriles is 1. The lowest BCUT2D eigenvalue weighted by atomic mass is 10.2. The molecule has 0 bridgehead atoms. The van der Waals surface area contributed by atoms with E-state index < -0.39 is 0 Å². The molecule has 3 rings (SSSR count). The normalized spacial score (nSPS) is 9.96. The lowest BCUT2D eigenvalue weighted by Gasteiger charge is -2.11. The molecule has 2 aromatic heterocycles. The fourth-order valence-electron chi connectivity index (χ4n) is 2.33. The summed E-state index contributed by atoms with van der Waals surface area (Å²) in [6.07, 6.45) is 5.87. The van der Waals surface area contributed by atoms with E-state index >= 15 is 0 Å². The predicted molar refractivity (Wildman–Crippen MR) is 103 cm³/mol. The first-order valence-electron chi connectivity index (χ1n) is 8.70. The summed E-state index contributed by atoms with van der Waals surface area (Å²) in [5.74, 6) is 1.70. The molecule has 0 fully saturated rings. The van der Waals surface area contributed by atoms with Crippen molar-refractivity contribution in [3.63, 3.8) is 0 Å². The molecule has 140 valence electrons. The zero-order valence-electron chi connectivity index (χ0n) is 15.0. The number of anilines is 1. The maximum absolute atomic E-state index is 12.5. The number of ether oxygens (including phenoxy) is 2. The molecule has 2 heterocycles. The third kappa shape index (κ3) is 5.29. The Bertz CT molecular complexity index is 953. The van der Waals surface area contributed by atoms with Crippen LogP contribution in [0.3, 0.4) is 0 Å². The number of hydrogen-bond donors (Lipinski definition) is 1. The van der Waals surface area contributed by atoms with Crippen molar-refractivity contribution in [1.29, 1.82) is 5.26 Å². The van der Waals surface area contributed by atoms with E-state index in [9.17, 15) is 4.79 Å². The van der Waals surface area contributed by atoms with Gasteiger partial charge in [0, 0.05) is 24.4 Å². The maximum Gasteiger partial charge on any atom is 0.256 e. The summed E-state index contributed by atoms with van der Waals surface area (Å²) in [5, 5.41) is 11.3. The minimum atomic E-state index is -0.312. The largest absolute Gasteiger partial charge is 0.490 e. The number of hydrogen-bond acceptors (Lipinski definition) is 6. The number of unbranched alkanes of at least 4 members (excludes halogenated alkanes) is 1. The monoisotopic (exact) mass is 374 g/mol. The van der Waals surface area contributed by atoms with Crippen molar-refractivity contribution >= 4 is 11.7 Å². The van der Waals surface area contributed by atoms with E-state index in [-0.39, 0.29) is 5.91 Å². The Morgan fingerprint density at radius 3 is 2.64 bits per heavy atom. The average Bonchev–Trinajstić information content (AvgIpc) is 2.73. The molecule has 0 aliphatic carbocycles. The topological polar surface area (TPSA) is 97.1 Å². The maximum atomic E-state index is 12.5. The first-order valence-corrected chi connectivity index (χ1v) is 8.70. The van der Waals surface area contributed by atoms with Crippen LogP contribution in [0.2, 0.25) is 0 Å². The van der Waals surface area contributed by atoms with Gasteiger partial charge in [-0.15, -0.1) is 0 Å². The number of rotatable bonds is 8. The lowest BCUT2D eigenvalue weighted by Crippen LogP contribution is -2.14. The molecule has 0 aliphatic rings. The van der Waals surface area contributed by atoms with Gasteiger partial charge < -0.3 is 14.8 Å². The van der Waals surface area contributed by atoms with Gasteiger partial charge in [0.2, 0.25) is 0 Å². The van der Waals surface area contributed by atoms with Gasteiger partial charge >= 0.3 is 0 Å². The van der Waals surface area contributed by atoms with Crippen LogP contribution in [0, 0.1) is 11.3 Å². The summed E-state index contributed by atoms with van der Waals surface area (Å²) >= 11 is 0. The summed E-state index contributed by atoms with van der Waals surface area (Å²) in [7, 11) is 0. The molecule has 0 spiro atoms. The second-order valence-corrected chi connectivity index (χ2v) is 5.73. The minimum absolute atomic E-state index is 0.312. The van der Waals surface area contributed by atoms with Crippen LogP contribution >= 0.6 is 0 Å². The zero-order valence-corrected chi connectivity index (χ0v) is 15.0. The van der Waals surface area contributed by atoms with Gasteiger partial charge in [-0.1, -0.05) is 0 Å². The van der Waals surface area contributed by atoms with Crippen LogP contribution in [-0.2, 0) is 0 Å². The molecule has 3 aromatic rings. The molecule has 0 saturated heterocycles. The first-order chi connectivity index (χ1) is 13.8. The fraction of sp³-hybridized carbons (Fsp3) is 0.143. The highest BCUT2D eigenvalue weighted by Crippen LogP contribution is 2.23. The Morgan fingerprint density at radius 1 is 1.07 bits per heavy atom. The van der Waals surface area contributed by atoms with Gasteiger partial charge in [0.15, 0.2) is 11.6 Å². The highest BCUT2D eigenvalue weighted by atomic mass is 16.5. The van der Waals surface area contributed by atoms with Crippen LogP contribution in [0.4, 0.5) is 5.82 Å². The van der Waals surface area contributed by atoms with Gasteiger partial charge in [-0.3, -0.25) is 9.78 Å². The van der Waals surface area contributed by atoms with E-state index in [0.717, 1.165) is 0 Å². The van der Waals surface area contributed by atoms with Gasteiger partial charge in [-0.25, -0.2) is 4.98 Å². The van der Waals surface area contributed by atoms with Gasteiger partial charge in [0.1, 0.15) is 11.5 Å². The summed E-state index contributed by atoms with van der Waals surface area (Å²) in [6, 6.07) is 15.8. The number of amides is 1. The average molecular weight is 374 g/mol. The lowest BCUT2D eigenvalue weighted by molar-refractivity contribution is 0.102. The minimum Gasteiger partial charge on any atom is -0.490 e. The molecule has 0 radical (unpaired) electrons. The van der Waals surface area contributed by atoms with Crippen LogP contribution in [-0.4, -0.2) is 22.5 Å². The van der Waals surface area contributed by atoms with E-state index in [0.29, 0.717) is 48.1 Å². The van der Waals surface area contributed by atoms with Crippen molar-refractivity contribution in [3.8, 4) is 23.3 Å². The van der Waals surface area contributed by atoms with Crippen LogP contribution in [0.25, 0.3) is 0 Å². The Morgan fingerprint density at radius 2 is 1.89 bits per heavy atom. The van der Waals surface area contributed by atoms with Crippen molar-refractivity contribution in [2.45, 2.75) is 12.8 Å². The molecular formula is C21H18N4O3. The summed E-state index contributed by atoms with van der Waals surface area (Å²) < 4.78 is 11.3. The van der Waals surface area contributed by atoms with E-state index in [2.05, 4.69) is 21.4 Å². The molecule has 0 saturated carbocycles. The van der Waals surface area contributed by atoms with Gasteiger partial charge in [0.05, 0.1) is 18.9 Å². The van der Waals surface area contributed by atoms with E-state index in [1.165, 1.54) is 0 Å². The quantitative estimate of drug-likeness (QED) is 0.593. The number of carbonyl (C=O) groups excluding carboxylic acids is 1. The number of benzene rings is 1. The Hall–Kier alpha value is -3.92. The fourth-order valence-corrected chi connectivity index (χ4v) is 2.33. The number of carbonyl (C=O) groups is 1. The van der Waals surface area contributed by atoms with Gasteiger partial charge in [0.25, 0.3) is 5.91 Å². The van der Waals surface area contributed by atoms with E-state index in [1.54, 1.807) is 67.1 Å². The third-order valence-corrected chi connectivity index (χ3v) is 3.68. The van der Waals surface area contributed by atoms with Crippen molar-refractivity contribution in [2.24, 2.45) is 0 Å². The highest BCUT2D eigenvalue weighted by Gasteiger charge is 2.11. The van der Waals surface area contributed by atoms with Crippen molar-refractivity contribution in [1.82, 2.24) is 9.97 Å². The van der Waals surface area contributed by atoms with Crippen molar-refractivity contribution < 1.29 is 14.3 Å². The van der Waals surface area contributed by atoms with Crippen molar-refractivity contribution in [3.05, 3.63) is 72.7 Å². The predicted octanol–water partition coefficient (Wildman–Crippen LogP) is 4.20. The second-order valence-electron chi connectivity index (χ2n) is 5.73. The Labute approximate surface area is 162 Å². The molecule has 7 heteroatoms. The van der Waals surface area contributed by atoms with Crippen LogP contribution in [0.5, 0.6) is 17.2 Å². The first kappa shape index (κ1) is 18.9. The standard InChI is InChI=1S/C21H18N4O3/c22-11-1-2-14-27-19-6-4-13-24-20(19)25-21(26)16-7-9-17(10-8-16)28-18-5-3-12-23-15-18/h3-10,12-13,15H,1-2,14H2,(H,24,25,26). The van der Waals surface area contributed by atoms with Crippen LogP contribution < -0.4 is 14.8 Å². The molecule has 28 heavy (non-hydrogen) atoms. The molecule has 1 amide bonds. The van der Waals surface area contributed by atoms with Crippen molar-refractivity contribution in [2.75, 3.05) is 11.9 Å². The molecule has 0 unspecified atom stereocenters. The van der Waals surface area contributed by atoms with Crippen LogP contribution in [0.1, 0.15) is 23.2 Å².